The number of anilines is 1. The first-order valence-electron chi connectivity index (χ1n) is 5.57. The number of alkyl halides is 3. The van der Waals surface area contributed by atoms with E-state index in [1.54, 1.807) is 16.1 Å². The summed E-state index contributed by atoms with van der Waals surface area (Å²) in [5, 5.41) is 8.10. The molecule has 100 valence electrons. The van der Waals surface area contributed by atoms with Crippen LogP contribution in [0.25, 0.3) is 0 Å². The van der Waals surface area contributed by atoms with Gasteiger partial charge in [0.05, 0.1) is 6.20 Å². The van der Waals surface area contributed by atoms with Gasteiger partial charge in [-0.2, -0.15) is 18.3 Å². The lowest BCUT2D eigenvalue weighted by atomic mass is 10.4. The fourth-order valence-corrected chi connectivity index (χ4v) is 1.47. The lowest BCUT2D eigenvalue weighted by Gasteiger charge is -2.11. The van der Waals surface area contributed by atoms with Crippen molar-refractivity contribution >= 4 is 11.8 Å². The van der Waals surface area contributed by atoms with Crippen molar-refractivity contribution in [3.63, 3.8) is 0 Å². The Labute approximate surface area is 101 Å². The normalized spacial score (nSPS) is 15.5. The Morgan fingerprint density at radius 2 is 2.22 bits per heavy atom. The quantitative estimate of drug-likeness (QED) is 0.871. The van der Waals surface area contributed by atoms with E-state index in [9.17, 15) is 18.0 Å². The molecule has 0 aliphatic heterocycles. The first-order valence-corrected chi connectivity index (χ1v) is 5.57. The number of urea groups is 1. The second kappa shape index (κ2) is 4.87. The van der Waals surface area contributed by atoms with Gasteiger partial charge in [0.1, 0.15) is 12.4 Å². The number of amides is 2. The van der Waals surface area contributed by atoms with Crippen LogP contribution in [0.3, 0.4) is 0 Å². The van der Waals surface area contributed by atoms with Crippen LogP contribution in [-0.2, 0) is 6.54 Å². The lowest BCUT2D eigenvalue weighted by Crippen LogP contribution is -2.37. The van der Waals surface area contributed by atoms with Crippen molar-refractivity contribution in [2.24, 2.45) is 5.92 Å². The van der Waals surface area contributed by atoms with Gasteiger partial charge in [0.25, 0.3) is 0 Å². The maximum absolute atomic E-state index is 11.9. The number of hydrogen-bond donors (Lipinski definition) is 2. The Morgan fingerprint density at radius 3 is 2.83 bits per heavy atom. The van der Waals surface area contributed by atoms with Crippen LogP contribution in [0.15, 0.2) is 12.3 Å². The Hall–Kier alpha value is -1.73. The van der Waals surface area contributed by atoms with Crippen LogP contribution in [-0.4, -0.2) is 28.5 Å². The largest absolute Gasteiger partial charge is 0.405 e. The predicted molar refractivity (Wildman–Crippen MR) is 58.0 cm³/mol. The van der Waals surface area contributed by atoms with Crippen molar-refractivity contribution in [1.82, 2.24) is 15.1 Å². The molecule has 1 aromatic heterocycles. The van der Waals surface area contributed by atoms with Crippen LogP contribution < -0.4 is 10.6 Å². The molecule has 1 aliphatic rings. The minimum Gasteiger partial charge on any atom is -0.329 e. The van der Waals surface area contributed by atoms with E-state index < -0.39 is 18.8 Å². The van der Waals surface area contributed by atoms with Gasteiger partial charge < -0.3 is 5.32 Å². The molecule has 8 heteroatoms. The molecular weight excluding hydrogens is 249 g/mol. The zero-order valence-corrected chi connectivity index (χ0v) is 9.50. The van der Waals surface area contributed by atoms with Crippen molar-refractivity contribution in [3.8, 4) is 0 Å². The molecule has 1 fully saturated rings. The van der Waals surface area contributed by atoms with Crippen molar-refractivity contribution in [1.29, 1.82) is 0 Å². The monoisotopic (exact) mass is 262 g/mol. The Morgan fingerprint density at radius 1 is 1.50 bits per heavy atom. The predicted octanol–water partition coefficient (Wildman–Crippen LogP) is 1.98. The molecule has 1 heterocycles. The molecular formula is C10H13F3N4O. The van der Waals surface area contributed by atoms with Gasteiger partial charge in [-0.3, -0.25) is 5.32 Å². The van der Waals surface area contributed by atoms with Crippen molar-refractivity contribution < 1.29 is 18.0 Å². The van der Waals surface area contributed by atoms with Gasteiger partial charge in [-0.15, -0.1) is 0 Å². The third-order valence-corrected chi connectivity index (χ3v) is 2.54. The van der Waals surface area contributed by atoms with Crippen molar-refractivity contribution in [2.45, 2.75) is 25.6 Å². The zero-order chi connectivity index (χ0) is 13.2. The molecule has 5 nitrogen and oxygen atoms in total. The standard InChI is InChI=1S/C10H13F3N4O/c11-10(12,13)6-14-9(18)16-8-3-4-15-17(8)5-7-1-2-7/h3-4,7H,1-2,5-6H2,(H2,14,16,18). The third-order valence-electron chi connectivity index (χ3n) is 2.54. The van der Waals surface area contributed by atoms with E-state index in [-0.39, 0.29) is 0 Å². The summed E-state index contributed by atoms with van der Waals surface area (Å²) in [5.41, 5.74) is 0. The van der Waals surface area contributed by atoms with Gasteiger partial charge in [-0.25, -0.2) is 9.48 Å². The smallest absolute Gasteiger partial charge is 0.329 e. The number of carbonyl (C=O) groups excluding carboxylic acids is 1. The molecule has 0 aromatic carbocycles. The second-order valence-corrected chi connectivity index (χ2v) is 4.26. The van der Waals surface area contributed by atoms with Gasteiger partial charge in [0, 0.05) is 12.6 Å². The van der Waals surface area contributed by atoms with E-state index in [4.69, 9.17) is 0 Å². The van der Waals surface area contributed by atoms with Crippen LogP contribution in [0.5, 0.6) is 0 Å². The lowest BCUT2D eigenvalue weighted by molar-refractivity contribution is -0.122. The Balaban J connectivity index is 1.84. The number of carbonyl (C=O) groups is 1. The summed E-state index contributed by atoms with van der Waals surface area (Å²) in [6.07, 6.45) is -0.660. The fraction of sp³-hybridized carbons (Fsp3) is 0.600. The summed E-state index contributed by atoms with van der Waals surface area (Å²) in [6.45, 7) is -0.669. The van der Waals surface area contributed by atoms with Gasteiger partial charge in [0.15, 0.2) is 0 Å². The highest BCUT2D eigenvalue weighted by molar-refractivity contribution is 5.88. The van der Waals surface area contributed by atoms with E-state index in [1.165, 1.54) is 6.20 Å². The third kappa shape index (κ3) is 3.94. The first kappa shape index (κ1) is 12.7. The molecule has 0 bridgehead atoms. The maximum Gasteiger partial charge on any atom is 0.405 e. The number of halogens is 3. The molecule has 1 saturated carbocycles. The topological polar surface area (TPSA) is 59.0 Å². The van der Waals surface area contributed by atoms with E-state index >= 15 is 0 Å². The zero-order valence-electron chi connectivity index (χ0n) is 9.50. The van der Waals surface area contributed by atoms with E-state index in [0.717, 1.165) is 12.8 Å². The molecule has 0 saturated heterocycles. The van der Waals surface area contributed by atoms with Crippen LogP contribution >= 0.6 is 0 Å². The minimum absolute atomic E-state index is 0.404. The molecule has 1 aromatic rings. The molecule has 2 N–H and O–H groups in total. The highest BCUT2D eigenvalue weighted by Gasteiger charge is 2.28. The average Bonchev–Trinajstić information content (AvgIpc) is 2.97. The Kier molecular flexibility index (Phi) is 3.44. The molecule has 18 heavy (non-hydrogen) atoms. The molecule has 2 rings (SSSR count). The molecule has 2 amide bonds. The van der Waals surface area contributed by atoms with E-state index in [2.05, 4.69) is 10.4 Å². The summed E-state index contributed by atoms with van der Waals surface area (Å²) >= 11 is 0. The molecule has 0 radical (unpaired) electrons. The maximum atomic E-state index is 11.9. The van der Waals surface area contributed by atoms with E-state index in [1.807, 2.05) is 0 Å². The van der Waals surface area contributed by atoms with Gasteiger partial charge >= 0.3 is 12.2 Å². The van der Waals surface area contributed by atoms with Crippen molar-refractivity contribution in [2.75, 3.05) is 11.9 Å². The van der Waals surface area contributed by atoms with Crippen LogP contribution in [0.4, 0.5) is 23.8 Å². The first-order chi connectivity index (χ1) is 8.44. The van der Waals surface area contributed by atoms with Gasteiger partial charge in [-0.1, -0.05) is 0 Å². The number of nitrogens with one attached hydrogen (secondary N) is 2. The van der Waals surface area contributed by atoms with Crippen LogP contribution in [0, 0.1) is 5.92 Å². The highest BCUT2D eigenvalue weighted by atomic mass is 19.4. The average molecular weight is 262 g/mol. The summed E-state index contributed by atoms with van der Waals surface area (Å²) in [7, 11) is 0. The fourth-order valence-electron chi connectivity index (χ4n) is 1.47. The minimum atomic E-state index is -4.41. The van der Waals surface area contributed by atoms with E-state index in [0.29, 0.717) is 18.3 Å². The summed E-state index contributed by atoms with van der Waals surface area (Å²) in [6, 6.07) is 0.667. The molecule has 0 unspecified atom stereocenters. The summed E-state index contributed by atoms with van der Waals surface area (Å²) < 4.78 is 37.3. The summed E-state index contributed by atoms with van der Waals surface area (Å²) in [4.78, 5) is 11.2. The number of hydrogen-bond acceptors (Lipinski definition) is 2. The van der Waals surface area contributed by atoms with Crippen molar-refractivity contribution in [3.05, 3.63) is 12.3 Å². The number of nitrogens with zero attached hydrogens (tertiary/aromatic N) is 2. The summed E-state index contributed by atoms with van der Waals surface area (Å²) in [5.74, 6) is 0.963. The van der Waals surface area contributed by atoms with Gasteiger partial charge in [0.2, 0.25) is 0 Å². The highest BCUT2D eigenvalue weighted by Crippen LogP contribution is 2.31. The molecule has 0 atom stereocenters. The van der Waals surface area contributed by atoms with Crippen LogP contribution in [0.1, 0.15) is 12.8 Å². The molecule has 1 aliphatic carbocycles. The number of rotatable bonds is 4. The SMILES string of the molecule is O=C(NCC(F)(F)F)Nc1ccnn1CC1CC1. The Bertz CT molecular complexity index is 425. The number of aromatic nitrogens is 2. The van der Waals surface area contributed by atoms with Crippen LogP contribution in [0.2, 0.25) is 0 Å². The van der Waals surface area contributed by atoms with Gasteiger partial charge in [-0.05, 0) is 18.8 Å². The molecule has 0 spiro atoms. The second-order valence-electron chi connectivity index (χ2n) is 4.26.